The molecule has 0 saturated carbocycles. The molecule has 6 heteroatoms. The second-order valence-electron chi connectivity index (χ2n) is 5.23. The van der Waals surface area contributed by atoms with Crippen LogP contribution < -0.4 is 0 Å². The third-order valence-corrected chi connectivity index (χ3v) is 4.56. The molecule has 0 aliphatic rings. The minimum atomic E-state index is -4.01. The fourth-order valence-electron chi connectivity index (χ4n) is 1.97. The number of carbonyl (C=O) groups is 1. The summed E-state index contributed by atoms with van der Waals surface area (Å²) in [4.78, 5) is 12.1. The molecule has 0 aliphatic carbocycles. The molecule has 0 bridgehead atoms. The minimum Gasteiger partial charge on any atom is -0.461 e. The highest BCUT2D eigenvalue weighted by Crippen LogP contribution is 2.14. The van der Waals surface area contributed by atoms with Crippen LogP contribution in [0.1, 0.15) is 18.1 Å². The van der Waals surface area contributed by atoms with E-state index in [0.29, 0.717) is 0 Å². The molecular formula is C19H19NO4S. The lowest BCUT2D eigenvalue weighted by Gasteiger charge is -2.04. The first kappa shape index (κ1) is 18.6. The predicted molar refractivity (Wildman–Crippen MR) is 97.9 cm³/mol. The van der Waals surface area contributed by atoms with Gasteiger partial charge in [-0.25, -0.2) is 4.79 Å². The molecule has 130 valence electrons. The SMILES string of the molecule is CCOC(=O)C(/C=C/c1ccccc1)=N\S(=O)(=O)c1ccc(C)cc1. The molecule has 0 fully saturated rings. The molecule has 0 N–H and O–H groups in total. The topological polar surface area (TPSA) is 72.8 Å². The Balaban J connectivity index is 2.40. The second-order valence-corrected chi connectivity index (χ2v) is 6.83. The summed E-state index contributed by atoms with van der Waals surface area (Å²) in [5, 5.41) is 0. The van der Waals surface area contributed by atoms with Gasteiger partial charge in [0, 0.05) is 0 Å². The lowest BCUT2D eigenvalue weighted by atomic mass is 10.2. The van der Waals surface area contributed by atoms with Crippen LogP contribution in [0.25, 0.3) is 6.08 Å². The lowest BCUT2D eigenvalue weighted by molar-refractivity contribution is -0.134. The van der Waals surface area contributed by atoms with Crippen LogP contribution in [0.2, 0.25) is 0 Å². The van der Waals surface area contributed by atoms with E-state index >= 15 is 0 Å². The van der Waals surface area contributed by atoms with Gasteiger partial charge in [0.2, 0.25) is 0 Å². The number of esters is 1. The number of hydrogen-bond acceptors (Lipinski definition) is 4. The number of carbonyl (C=O) groups excluding carboxylic acids is 1. The van der Waals surface area contributed by atoms with Crippen LogP contribution in [-0.2, 0) is 19.6 Å². The van der Waals surface area contributed by atoms with E-state index in [4.69, 9.17) is 4.74 Å². The molecule has 0 heterocycles. The van der Waals surface area contributed by atoms with Gasteiger partial charge in [0.05, 0.1) is 11.5 Å². The molecule has 2 aromatic rings. The average Bonchev–Trinajstić information content (AvgIpc) is 2.60. The number of rotatable bonds is 6. The van der Waals surface area contributed by atoms with E-state index < -0.39 is 16.0 Å². The fourth-order valence-corrected chi connectivity index (χ4v) is 2.95. The molecule has 5 nitrogen and oxygen atoms in total. The standard InChI is InChI=1S/C19H19NO4S/c1-3-24-19(21)18(14-11-16-7-5-4-6-8-16)20-25(22,23)17-12-9-15(2)10-13-17/h4-14H,3H2,1-2H3/b14-11+,20-18-. The molecule has 0 radical (unpaired) electrons. The summed E-state index contributed by atoms with van der Waals surface area (Å²) in [5.74, 6) is -0.787. The lowest BCUT2D eigenvalue weighted by Crippen LogP contribution is -2.17. The Morgan fingerprint density at radius 2 is 1.72 bits per heavy atom. The number of sulfonamides is 1. The van der Waals surface area contributed by atoms with E-state index in [1.54, 1.807) is 25.1 Å². The quantitative estimate of drug-likeness (QED) is 0.587. The first-order valence-electron chi connectivity index (χ1n) is 7.74. The van der Waals surface area contributed by atoms with Crippen molar-refractivity contribution in [2.45, 2.75) is 18.7 Å². The van der Waals surface area contributed by atoms with E-state index in [1.807, 2.05) is 37.3 Å². The van der Waals surface area contributed by atoms with Crippen molar-refractivity contribution in [3.05, 3.63) is 71.8 Å². The van der Waals surface area contributed by atoms with Gasteiger partial charge in [0.15, 0.2) is 5.71 Å². The van der Waals surface area contributed by atoms with E-state index in [9.17, 15) is 13.2 Å². The van der Waals surface area contributed by atoms with Crippen LogP contribution in [0, 0.1) is 6.92 Å². The van der Waals surface area contributed by atoms with Crippen molar-refractivity contribution >= 4 is 27.8 Å². The molecule has 0 aromatic heterocycles. The highest BCUT2D eigenvalue weighted by molar-refractivity contribution is 7.90. The maximum Gasteiger partial charge on any atom is 0.357 e. The first-order valence-corrected chi connectivity index (χ1v) is 9.18. The molecule has 0 atom stereocenters. The van der Waals surface area contributed by atoms with Gasteiger partial charge >= 0.3 is 5.97 Å². The zero-order valence-electron chi connectivity index (χ0n) is 14.0. The maximum absolute atomic E-state index is 12.4. The molecule has 2 aromatic carbocycles. The third kappa shape index (κ3) is 5.39. The number of hydrogen-bond donors (Lipinski definition) is 0. The monoisotopic (exact) mass is 357 g/mol. The van der Waals surface area contributed by atoms with E-state index in [-0.39, 0.29) is 17.2 Å². The van der Waals surface area contributed by atoms with Gasteiger partial charge in [-0.15, -0.1) is 0 Å². The summed E-state index contributed by atoms with van der Waals surface area (Å²) >= 11 is 0. The van der Waals surface area contributed by atoms with E-state index in [2.05, 4.69) is 4.40 Å². The second kappa shape index (κ2) is 8.39. The predicted octanol–water partition coefficient (Wildman–Crippen LogP) is 3.40. The molecule has 0 spiro atoms. The molecule has 0 unspecified atom stereocenters. The molecular weight excluding hydrogens is 338 g/mol. The number of ether oxygens (including phenoxy) is 1. The van der Waals surface area contributed by atoms with Crippen LogP contribution >= 0.6 is 0 Å². The van der Waals surface area contributed by atoms with Gasteiger partial charge in [0.1, 0.15) is 0 Å². The van der Waals surface area contributed by atoms with Crippen LogP contribution in [0.4, 0.5) is 0 Å². The van der Waals surface area contributed by atoms with Crippen LogP contribution in [-0.4, -0.2) is 26.7 Å². The Morgan fingerprint density at radius 1 is 1.08 bits per heavy atom. The summed E-state index contributed by atoms with van der Waals surface area (Å²) in [6, 6.07) is 15.4. The zero-order chi connectivity index (χ0) is 18.3. The number of aryl methyl sites for hydroxylation is 1. The Bertz CT molecular complexity index is 883. The van der Waals surface area contributed by atoms with E-state index in [0.717, 1.165) is 11.1 Å². The summed E-state index contributed by atoms with van der Waals surface area (Å²) in [6.07, 6.45) is 2.96. The van der Waals surface area contributed by atoms with Gasteiger partial charge < -0.3 is 4.74 Å². The van der Waals surface area contributed by atoms with Gasteiger partial charge in [-0.05, 0) is 37.6 Å². The maximum atomic E-state index is 12.4. The van der Waals surface area contributed by atoms with Gasteiger partial charge in [-0.1, -0.05) is 54.1 Å². The highest BCUT2D eigenvalue weighted by Gasteiger charge is 2.18. The van der Waals surface area contributed by atoms with Crippen molar-refractivity contribution < 1.29 is 17.9 Å². The Kier molecular flexibility index (Phi) is 6.25. The van der Waals surface area contributed by atoms with Crippen molar-refractivity contribution in [2.75, 3.05) is 6.61 Å². The normalized spacial score (nSPS) is 12.3. The fraction of sp³-hybridized carbons (Fsp3) is 0.158. The summed E-state index contributed by atoms with van der Waals surface area (Å²) in [7, 11) is -4.01. The van der Waals surface area contributed by atoms with Crippen molar-refractivity contribution in [1.82, 2.24) is 0 Å². The van der Waals surface area contributed by atoms with Gasteiger partial charge in [0.25, 0.3) is 10.0 Å². The molecule has 25 heavy (non-hydrogen) atoms. The van der Waals surface area contributed by atoms with E-state index in [1.165, 1.54) is 18.2 Å². The molecule has 0 amide bonds. The smallest absolute Gasteiger partial charge is 0.357 e. The van der Waals surface area contributed by atoms with Crippen molar-refractivity contribution in [3.63, 3.8) is 0 Å². The first-order chi connectivity index (χ1) is 11.9. The largest absolute Gasteiger partial charge is 0.461 e. The Hall–Kier alpha value is -2.73. The third-order valence-electron chi connectivity index (χ3n) is 3.26. The summed E-state index contributed by atoms with van der Waals surface area (Å²) in [6.45, 7) is 3.62. The van der Waals surface area contributed by atoms with Crippen LogP contribution in [0.3, 0.4) is 0 Å². The van der Waals surface area contributed by atoms with Crippen molar-refractivity contribution in [2.24, 2.45) is 4.40 Å². The Labute approximate surface area is 147 Å². The van der Waals surface area contributed by atoms with Crippen LogP contribution in [0.5, 0.6) is 0 Å². The van der Waals surface area contributed by atoms with Gasteiger partial charge in [-0.3, -0.25) is 0 Å². The zero-order valence-corrected chi connectivity index (χ0v) is 14.9. The molecule has 2 rings (SSSR count). The highest BCUT2D eigenvalue weighted by atomic mass is 32.2. The van der Waals surface area contributed by atoms with Crippen LogP contribution in [0.15, 0.2) is 70.0 Å². The minimum absolute atomic E-state index is 0.0213. The molecule has 0 saturated heterocycles. The summed E-state index contributed by atoms with van der Waals surface area (Å²) in [5.41, 5.74) is 1.47. The Morgan fingerprint density at radius 3 is 2.32 bits per heavy atom. The number of benzene rings is 2. The van der Waals surface area contributed by atoms with Gasteiger partial charge in [-0.2, -0.15) is 12.8 Å². The molecule has 0 aliphatic heterocycles. The number of nitrogens with zero attached hydrogens (tertiary/aromatic N) is 1. The summed E-state index contributed by atoms with van der Waals surface area (Å²) < 4.78 is 33.5. The van der Waals surface area contributed by atoms with Crippen molar-refractivity contribution in [1.29, 1.82) is 0 Å². The van der Waals surface area contributed by atoms with Crippen molar-refractivity contribution in [3.8, 4) is 0 Å². The average molecular weight is 357 g/mol.